The van der Waals surface area contributed by atoms with Crippen LogP contribution in [0.25, 0.3) is 0 Å². The van der Waals surface area contributed by atoms with E-state index in [1.54, 1.807) is 36.0 Å². The summed E-state index contributed by atoms with van der Waals surface area (Å²) >= 11 is 7.57. The zero-order valence-corrected chi connectivity index (χ0v) is 17.4. The second kappa shape index (κ2) is 8.82. The molecular weight excluding hydrogens is 414 g/mol. The first-order chi connectivity index (χ1) is 13.3. The molecule has 28 heavy (non-hydrogen) atoms. The van der Waals surface area contributed by atoms with Crippen LogP contribution in [0.2, 0.25) is 5.02 Å². The van der Waals surface area contributed by atoms with Crippen LogP contribution in [0.3, 0.4) is 0 Å². The Bertz CT molecular complexity index is 1080. The lowest BCUT2D eigenvalue weighted by molar-refractivity contribution is 0.102. The van der Waals surface area contributed by atoms with Gasteiger partial charge in [-0.25, -0.2) is 8.42 Å². The summed E-state index contributed by atoms with van der Waals surface area (Å²) in [6.07, 6.45) is 1.13. The van der Waals surface area contributed by atoms with Crippen molar-refractivity contribution in [3.63, 3.8) is 0 Å². The van der Waals surface area contributed by atoms with Crippen molar-refractivity contribution in [2.75, 3.05) is 11.6 Å². The number of hydrogen-bond acceptors (Lipinski definition) is 4. The van der Waals surface area contributed by atoms with Crippen LogP contribution in [-0.4, -0.2) is 20.6 Å². The van der Waals surface area contributed by atoms with Gasteiger partial charge >= 0.3 is 0 Å². The predicted octanol–water partition coefficient (Wildman–Crippen LogP) is 5.29. The third-order valence-electron chi connectivity index (χ3n) is 3.96. The maximum absolute atomic E-state index is 12.4. The lowest BCUT2D eigenvalue weighted by Crippen LogP contribution is -2.12. The lowest BCUT2D eigenvalue weighted by Gasteiger charge is -2.08. The highest BCUT2D eigenvalue weighted by atomic mass is 35.5. The first-order valence-electron chi connectivity index (χ1n) is 8.40. The Labute approximate surface area is 173 Å². The van der Waals surface area contributed by atoms with Gasteiger partial charge in [0.05, 0.1) is 4.90 Å². The van der Waals surface area contributed by atoms with Gasteiger partial charge in [-0.2, -0.15) is 0 Å². The van der Waals surface area contributed by atoms with Gasteiger partial charge in [-0.05, 0) is 60.2 Å². The van der Waals surface area contributed by atoms with Crippen LogP contribution in [0.4, 0.5) is 5.69 Å². The summed E-state index contributed by atoms with van der Waals surface area (Å²) in [5.41, 5.74) is 2.04. The summed E-state index contributed by atoms with van der Waals surface area (Å²) in [6.45, 7) is 0. The van der Waals surface area contributed by atoms with Crippen LogP contribution in [0.5, 0.6) is 0 Å². The highest BCUT2D eigenvalue weighted by Crippen LogP contribution is 2.24. The minimum Gasteiger partial charge on any atom is -0.322 e. The molecular formula is C21H18ClNO3S2. The Hall–Kier alpha value is -2.28. The van der Waals surface area contributed by atoms with Crippen molar-refractivity contribution in [3.8, 4) is 0 Å². The van der Waals surface area contributed by atoms with E-state index in [9.17, 15) is 13.2 Å². The van der Waals surface area contributed by atoms with E-state index in [1.165, 1.54) is 12.1 Å². The minimum absolute atomic E-state index is 0.167. The molecule has 4 nitrogen and oxygen atoms in total. The standard InChI is InChI=1S/C21H18ClNO3S2/c1-28(25,26)20-4-2-3-18(13-20)23-21(24)16-7-5-15(6-8-16)14-27-19-11-9-17(22)10-12-19/h2-13H,14H2,1H3,(H,23,24). The third kappa shape index (κ3) is 5.61. The molecule has 0 aliphatic heterocycles. The topological polar surface area (TPSA) is 63.2 Å². The normalized spacial score (nSPS) is 11.2. The second-order valence-corrected chi connectivity index (χ2v) is 9.69. The summed E-state index contributed by atoms with van der Waals surface area (Å²) in [5, 5.41) is 3.44. The SMILES string of the molecule is CS(=O)(=O)c1cccc(NC(=O)c2ccc(CSc3ccc(Cl)cc3)cc2)c1. The molecule has 7 heteroatoms. The van der Waals surface area contributed by atoms with Crippen LogP contribution in [-0.2, 0) is 15.6 Å². The number of benzene rings is 3. The van der Waals surface area contributed by atoms with Gasteiger partial charge in [-0.3, -0.25) is 4.79 Å². The van der Waals surface area contributed by atoms with Gasteiger partial charge in [0.1, 0.15) is 0 Å². The quantitative estimate of drug-likeness (QED) is 0.539. The molecule has 0 aliphatic rings. The number of anilines is 1. The van der Waals surface area contributed by atoms with E-state index in [1.807, 2.05) is 36.4 Å². The van der Waals surface area contributed by atoms with Crippen molar-refractivity contribution in [3.05, 3.63) is 88.9 Å². The maximum Gasteiger partial charge on any atom is 0.255 e. The summed E-state index contributed by atoms with van der Waals surface area (Å²) in [5.74, 6) is 0.488. The molecule has 0 saturated carbocycles. The molecule has 0 heterocycles. The molecule has 0 saturated heterocycles. The largest absolute Gasteiger partial charge is 0.322 e. The van der Waals surface area contributed by atoms with E-state index in [-0.39, 0.29) is 10.8 Å². The molecule has 0 fully saturated rings. The number of nitrogens with one attached hydrogen (secondary N) is 1. The fourth-order valence-corrected chi connectivity index (χ4v) is 4.10. The van der Waals surface area contributed by atoms with Gasteiger partial charge in [0.25, 0.3) is 5.91 Å². The van der Waals surface area contributed by atoms with Crippen molar-refractivity contribution >= 4 is 44.8 Å². The van der Waals surface area contributed by atoms with Gasteiger partial charge in [-0.15, -0.1) is 11.8 Å². The molecule has 3 aromatic carbocycles. The average Bonchev–Trinajstić information content (AvgIpc) is 2.67. The summed E-state index contributed by atoms with van der Waals surface area (Å²) in [4.78, 5) is 13.7. The molecule has 3 rings (SSSR count). The molecule has 1 N–H and O–H groups in total. The molecule has 0 spiro atoms. The van der Waals surface area contributed by atoms with E-state index in [0.29, 0.717) is 16.3 Å². The van der Waals surface area contributed by atoms with Crippen LogP contribution >= 0.6 is 23.4 Å². The van der Waals surface area contributed by atoms with Gasteiger partial charge in [-0.1, -0.05) is 29.8 Å². The molecule has 144 valence electrons. The fraction of sp³-hybridized carbons (Fsp3) is 0.0952. The Morgan fingerprint density at radius 3 is 2.32 bits per heavy atom. The van der Waals surface area contributed by atoms with E-state index < -0.39 is 9.84 Å². The lowest BCUT2D eigenvalue weighted by atomic mass is 10.1. The molecule has 0 radical (unpaired) electrons. The smallest absolute Gasteiger partial charge is 0.255 e. The van der Waals surface area contributed by atoms with Crippen molar-refractivity contribution in [2.45, 2.75) is 15.5 Å². The Morgan fingerprint density at radius 2 is 1.68 bits per heavy atom. The van der Waals surface area contributed by atoms with E-state index in [0.717, 1.165) is 22.5 Å². The first-order valence-corrected chi connectivity index (χ1v) is 11.7. The van der Waals surface area contributed by atoms with Crippen LogP contribution < -0.4 is 5.32 Å². The molecule has 3 aromatic rings. The van der Waals surface area contributed by atoms with Crippen molar-refractivity contribution in [1.29, 1.82) is 0 Å². The van der Waals surface area contributed by atoms with Gasteiger partial charge in [0.15, 0.2) is 9.84 Å². The first kappa shape index (κ1) is 20.5. The number of hydrogen-bond donors (Lipinski definition) is 1. The highest BCUT2D eigenvalue weighted by Gasteiger charge is 2.10. The molecule has 0 aromatic heterocycles. The zero-order chi connectivity index (χ0) is 20.1. The zero-order valence-electron chi connectivity index (χ0n) is 15.1. The molecule has 0 atom stereocenters. The van der Waals surface area contributed by atoms with Gasteiger partial charge in [0, 0.05) is 33.2 Å². The summed E-state index contributed by atoms with van der Waals surface area (Å²) < 4.78 is 23.3. The molecule has 1 amide bonds. The Balaban J connectivity index is 1.63. The second-order valence-electron chi connectivity index (χ2n) is 6.19. The summed E-state index contributed by atoms with van der Waals surface area (Å²) in [6, 6.07) is 21.2. The van der Waals surface area contributed by atoms with Crippen molar-refractivity contribution < 1.29 is 13.2 Å². The molecule has 0 bridgehead atoms. The highest BCUT2D eigenvalue weighted by molar-refractivity contribution is 7.98. The number of thioether (sulfide) groups is 1. The monoisotopic (exact) mass is 431 g/mol. The number of carbonyl (C=O) groups excluding carboxylic acids is 1. The average molecular weight is 432 g/mol. The molecule has 0 aliphatic carbocycles. The maximum atomic E-state index is 12.4. The number of carbonyl (C=O) groups is 1. The number of rotatable bonds is 6. The number of sulfone groups is 1. The predicted molar refractivity (Wildman–Crippen MR) is 115 cm³/mol. The molecule has 0 unspecified atom stereocenters. The Kier molecular flexibility index (Phi) is 6.44. The van der Waals surface area contributed by atoms with Crippen molar-refractivity contribution in [1.82, 2.24) is 0 Å². The van der Waals surface area contributed by atoms with E-state index >= 15 is 0 Å². The van der Waals surface area contributed by atoms with Crippen LogP contribution in [0.15, 0.2) is 82.6 Å². The van der Waals surface area contributed by atoms with Gasteiger partial charge in [0.2, 0.25) is 0 Å². The van der Waals surface area contributed by atoms with Crippen molar-refractivity contribution in [2.24, 2.45) is 0 Å². The third-order valence-corrected chi connectivity index (χ3v) is 6.40. The number of halogens is 1. The Morgan fingerprint density at radius 1 is 1.00 bits per heavy atom. The van der Waals surface area contributed by atoms with Crippen LogP contribution in [0, 0.1) is 0 Å². The minimum atomic E-state index is -3.32. The van der Waals surface area contributed by atoms with E-state index in [4.69, 9.17) is 11.6 Å². The summed E-state index contributed by atoms with van der Waals surface area (Å²) in [7, 11) is -3.32. The van der Waals surface area contributed by atoms with Gasteiger partial charge < -0.3 is 5.32 Å². The number of amides is 1. The fourth-order valence-electron chi connectivity index (χ4n) is 2.46. The van der Waals surface area contributed by atoms with Crippen LogP contribution in [0.1, 0.15) is 15.9 Å². The van der Waals surface area contributed by atoms with E-state index in [2.05, 4.69) is 5.32 Å².